The van der Waals surface area contributed by atoms with E-state index in [0.29, 0.717) is 17.1 Å². The lowest BCUT2D eigenvalue weighted by atomic mass is 10.0. The van der Waals surface area contributed by atoms with E-state index in [1.165, 1.54) is 14.0 Å². The molecule has 1 aromatic carbocycles. The quantitative estimate of drug-likeness (QED) is 0.704. The SMILES string of the molecule is COc1ccc(C(C)(N)O)c(OC)c1. The zero-order valence-corrected chi connectivity index (χ0v) is 8.57. The monoisotopic (exact) mass is 197 g/mol. The molecule has 0 aliphatic rings. The molecule has 4 nitrogen and oxygen atoms in total. The average Bonchev–Trinajstić information content (AvgIpc) is 2.15. The van der Waals surface area contributed by atoms with Crippen molar-refractivity contribution in [1.82, 2.24) is 0 Å². The summed E-state index contributed by atoms with van der Waals surface area (Å²) < 4.78 is 10.1. The second-order valence-electron chi connectivity index (χ2n) is 3.21. The summed E-state index contributed by atoms with van der Waals surface area (Å²) in [7, 11) is 3.08. The van der Waals surface area contributed by atoms with Crippen molar-refractivity contribution in [2.75, 3.05) is 14.2 Å². The van der Waals surface area contributed by atoms with Gasteiger partial charge < -0.3 is 14.6 Å². The minimum absolute atomic E-state index is 0.511. The zero-order chi connectivity index (χ0) is 10.8. The second kappa shape index (κ2) is 3.86. The minimum Gasteiger partial charge on any atom is -0.497 e. The minimum atomic E-state index is -1.41. The van der Waals surface area contributed by atoms with Crippen molar-refractivity contribution in [3.05, 3.63) is 23.8 Å². The van der Waals surface area contributed by atoms with Gasteiger partial charge in [-0.05, 0) is 19.1 Å². The van der Waals surface area contributed by atoms with E-state index in [4.69, 9.17) is 15.2 Å². The summed E-state index contributed by atoms with van der Waals surface area (Å²) in [5.41, 5.74) is 4.68. The Morgan fingerprint density at radius 3 is 2.36 bits per heavy atom. The summed E-state index contributed by atoms with van der Waals surface area (Å²) in [5, 5.41) is 9.62. The predicted molar refractivity (Wildman–Crippen MR) is 53.3 cm³/mol. The third kappa shape index (κ3) is 2.16. The maximum atomic E-state index is 9.62. The van der Waals surface area contributed by atoms with Gasteiger partial charge in [-0.2, -0.15) is 0 Å². The average molecular weight is 197 g/mol. The van der Waals surface area contributed by atoms with Crippen LogP contribution >= 0.6 is 0 Å². The van der Waals surface area contributed by atoms with Crippen LogP contribution in [0.2, 0.25) is 0 Å². The van der Waals surface area contributed by atoms with Gasteiger partial charge in [0.15, 0.2) is 0 Å². The second-order valence-corrected chi connectivity index (χ2v) is 3.21. The Balaban J connectivity index is 3.18. The fourth-order valence-corrected chi connectivity index (χ4v) is 1.22. The van der Waals surface area contributed by atoms with Crippen molar-refractivity contribution >= 4 is 0 Å². The van der Waals surface area contributed by atoms with E-state index in [1.54, 1.807) is 25.3 Å². The molecule has 0 aliphatic heterocycles. The number of aliphatic hydroxyl groups is 1. The van der Waals surface area contributed by atoms with Crippen molar-refractivity contribution in [2.45, 2.75) is 12.6 Å². The van der Waals surface area contributed by atoms with Crippen LogP contribution in [0, 0.1) is 0 Å². The Hall–Kier alpha value is -1.26. The molecular formula is C10H15NO3. The van der Waals surface area contributed by atoms with E-state index < -0.39 is 5.72 Å². The van der Waals surface area contributed by atoms with Crippen LogP contribution in [0.3, 0.4) is 0 Å². The molecule has 0 saturated heterocycles. The number of rotatable bonds is 3. The Labute approximate surface area is 83.3 Å². The van der Waals surface area contributed by atoms with Gasteiger partial charge in [0.1, 0.15) is 17.2 Å². The molecule has 78 valence electrons. The molecule has 0 bridgehead atoms. The topological polar surface area (TPSA) is 64.7 Å². The van der Waals surface area contributed by atoms with Crippen LogP contribution in [-0.4, -0.2) is 19.3 Å². The van der Waals surface area contributed by atoms with Crippen molar-refractivity contribution < 1.29 is 14.6 Å². The fourth-order valence-electron chi connectivity index (χ4n) is 1.22. The van der Waals surface area contributed by atoms with Crippen molar-refractivity contribution in [1.29, 1.82) is 0 Å². The van der Waals surface area contributed by atoms with Gasteiger partial charge in [0.05, 0.1) is 14.2 Å². The number of methoxy groups -OCH3 is 2. The van der Waals surface area contributed by atoms with Gasteiger partial charge in [0.2, 0.25) is 0 Å². The molecule has 0 amide bonds. The van der Waals surface area contributed by atoms with E-state index in [-0.39, 0.29) is 0 Å². The lowest BCUT2D eigenvalue weighted by Crippen LogP contribution is -2.32. The highest BCUT2D eigenvalue weighted by atomic mass is 16.5. The third-order valence-corrected chi connectivity index (χ3v) is 1.95. The number of hydrogen-bond acceptors (Lipinski definition) is 4. The van der Waals surface area contributed by atoms with E-state index in [9.17, 15) is 5.11 Å². The molecule has 1 aromatic rings. The first-order valence-electron chi connectivity index (χ1n) is 4.23. The van der Waals surface area contributed by atoms with Crippen LogP contribution in [0.15, 0.2) is 18.2 Å². The molecular weight excluding hydrogens is 182 g/mol. The molecule has 1 rings (SSSR count). The Morgan fingerprint density at radius 1 is 1.29 bits per heavy atom. The summed E-state index contributed by atoms with van der Waals surface area (Å²) >= 11 is 0. The zero-order valence-electron chi connectivity index (χ0n) is 8.57. The highest BCUT2D eigenvalue weighted by Crippen LogP contribution is 2.29. The van der Waals surface area contributed by atoms with Crippen LogP contribution < -0.4 is 15.2 Å². The summed E-state index contributed by atoms with van der Waals surface area (Å²) in [6.45, 7) is 1.50. The van der Waals surface area contributed by atoms with Gasteiger partial charge in [0, 0.05) is 11.6 Å². The van der Waals surface area contributed by atoms with Crippen LogP contribution in [0.4, 0.5) is 0 Å². The molecule has 0 radical (unpaired) electrons. The maximum Gasteiger partial charge on any atom is 0.140 e. The first kappa shape index (κ1) is 10.8. The summed E-state index contributed by atoms with van der Waals surface area (Å²) in [4.78, 5) is 0. The normalized spacial score (nSPS) is 14.6. The van der Waals surface area contributed by atoms with Gasteiger partial charge in [0.25, 0.3) is 0 Å². The summed E-state index contributed by atoms with van der Waals surface area (Å²) in [6.07, 6.45) is 0. The van der Waals surface area contributed by atoms with Gasteiger partial charge in [-0.1, -0.05) is 0 Å². The van der Waals surface area contributed by atoms with Crippen LogP contribution in [-0.2, 0) is 5.72 Å². The lowest BCUT2D eigenvalue weighted by molar-refractivity contribution is 0.0619. The largest absolute Gasteiger partial charge is 0.497 e. The molecule has 0 aliphatic carbocycles. The van der Waals surface area contributed by atoms with Gasteiger partial charge in [-0.25, -0.2) is 0 Å². The molecule has 3 N–H and O–H groups in total. The number of ether oxygens (including phenoxy) is 2. The molecule has 0 fully saturated rings. The first-order chi connectivity index (χ1) is 6.49. The molecule has 0 aromatic heterocycles. The predicted octanol–water partition coefficient (Wildman–Crippen LogP) is 0.827. The molecule has 4 heteroatoms. The van der Waals surface area contributed by atoms with Crippen molar-refractivity contribution in [2.24, 2.45) is 5.73 Å². The number of benzene rings is 1. The Kier molecular flexibility index (Phi) is 2.98. The molecule has 0 saturated carbocycles. The van der Waals surface area contributed by atoms with Crippen molar-refractivity contribution in [3.63, 3.8) is 0 Å². The standard InChI is InChI=1S/C10H15NO3/c1-10(11,12)8-5-4-7(13-2)6-9(8)14-3/h4-6,12H,11H2,1-3H3. The van der Waals surface area contributed by atoms with Crippen molar-refractivity contribution in [3.8, 4) is 11.5 Å². The van der Waals surface area contributed by atoms with Gasteiger partial charge in [-0.3, -0.25) is 5.73 Å². The van der Waals surface area contributed by atoms with E-state index >= 15 is 0 Å². The number of nitrogens with two attached hydrogens (primary N) is 1. The molecule has 14 heavy (non-hydrogen) atoms. The fraction of sp³-hybridized carbons (Fsp3) is 0.400. The highest BCUT2D eigenvalue weighted by Gasteiger charge is 2.21. The molecule has 1 atom stereocenters. The Morgan fingerprint density at radius 2 is 1.93 bits per heavy atom. The summed E-state index contributed by atoms with van der Waals surface area (Å²) in [6, 6.07) is 5.08. The third-order valence-electron chi connectivity index (χ3n) is 1.95. The molecule has 0 heterocycles. The molecule has 0 spiro atoms. The van der Waals surface area contributed by atoms with Crippen LogP contribution in [0.1, 0.15) is 12.5 Å². The summed E-state index contributed by atoms with van der Waals surface area (Å²) in [5.74, 6) is 1.17. The molecule has 1 unspecified atom stereocenters. The highest BCUT2D eigenvalue weighted by molar-refractivity contribution is 5.43. The van der Waals surface area contributed by atoms with Gasteiger partial charge in [-0.15, -0.1) is 0 Å². The van der Waals surface area contributed by atoms with E-state index in [0.717, 1.165) is 0 Å². The first-order valence-corrected chi connectivity index (χ1v) is 4.23. The van der Waals surface area contributed by atoms with Crippen LogP contribution in [0.5, 0.6) is 11.5 Å². The van der Waals surface area contributed by atoms with Crippen LogP contribution in [0.25, 0.3) is 0 Å². The van der Waals surface area contributed by atoms with E-state index in [2.05, 4.69) is 0 Å². The van der Waals surface area contributed by atoms with E-state index in [1.807, 2.05) is 0 Å². The van der Waals surface area contributed by atoms with Gasteiger partial charge >= 0.3 is 0 Å². The lowest BCUT2D eigenvalue weighted by Gasteiger charge is -2.20. The Bertz CT molecular complexity index is 318. The number of hydrogen-bond donors (Lipinski definition) is 2. The smallest absolute Gasteiger partial charge is 0.140 e. The maximum absolute atomic E-state index is 9.62.